The molecule has 0 aromatic carbocycles. The molecule has 0 unspecified atom stereocenters. The number of aryl methyl sites for hydroxylation is 2. The van der Waals surface area contributed by atoms with Crippen LogP contribution in [-0.2, 0) is 11.8 Å². The van der Waals surface area contributed by atoms with E-state index < -0.39 is 11.5 Å². The third kappa shape index (κ3) is 4.03. The summed E-state index contributed by atoms with van der Waals surface area (Å²) in [4.78, 5) is 24.0. The minimum absolute atomic E-state index is 0.139. The number of nitrogens with zero attached hydrogens (tertiary/aromatic N) is 2. The Morgan fingerprint density at radius 2 is 2.10 bits per heavy atom. The lowest BCUT2D eigenvalue weighted by Crippen LogP contribution is -2.36. The molecule has 1 rings (SSSR count). The monoisotopic (exact) mass is 279 g/mol. The van der Waals surface area contributed by atoms with Gasteiger partial charge >= 0.3 is 0 Å². The van der Waals surface area contributed by atoms with Gasteiger partial charge in [-0.3, -0.25) is 9.59 Å². The van der Waals surface area contributed by atoms with Crippen LogP contribution in [0.2, 0.25) is 0 Å². The van der Waals surface area contributed by atoms with Crippen molar-refractivity contribution in [3.63, 3.8) is 0 Å². The van der Waals surface area contributed by atoms with E-state index in [2.05, 4.69) is 17.0 Å². The molecule has 20 heavy (non-hydrogen) atoms. The quantitative estimate of drug-likeness (QED) is 0.615. The van der Waals surface area contributed by atoms with E-state index in [1.54, 1.807) is 13.8 Å². The maximum Gasteiger partial charge on any atom is 0.279 e. The topological polar surface area (TPSA) is 73.2 Å². The molecule has 1 aromatic heterocycles. The molecule has 0 bridgehead atoms. The summed E-state index contributed by atoms with van der Waals surface area (Å²) in [5, 5.41) is 6.71. The number of hydrogen-bond acceptors (Lipinski definition) is 4. The summed E-state index contributed by atoms with van der Waals surface area (Å²) in [7, 11) is 1.53. The van der Waals surface area contributed by atoms with E-state index in [4.69, 9.17) is 4.74 Å². The summed E-state index contributed by atoms with van der Waals surface area (Å²) in [6.07, 6.45) is 0. The average molecular weight is 279 g/mol. The van der Waals surface area contributed by atoms with Crippen molar-refractivity contribution in [2.75, 3.05) is 19.8 Å². The Balaban J connectivity index is 2.69. The highest BCUT2D eigenvalue weighted by Crippen LogP contribution is 2.05. The fourth-order valence-corrected chi connectivity index (χ4v) is 1.69. The standard InChI is InChI=1S/C14H21N3O3/c1-9(2)8-20-7-6-15-13(18)12-10(3)11(4)16-17(5)14(12)19/h1,6-8H2,2-5H3,(H,15,18). The molecule has 1 N–H and O–H groups in total. The molecular formula is C14H21N3O3. The van der Waals surface area contributed by atoms with E-state index >= 15 is 0 Å². The second kappa shape index (κ2) is 7.00. The van der Waals surface area contributed by atoms with Crippen molar-refractivity contribution in [1.82, 2.24) is 15.1 Å². The van der Waals surface area contributed by atoms with Gasteiger partial charge in [0.15, 0.2) is 0 Å². The van der Waals surface area contributed by atoms with Crippen molar-refractivity contribution in [1.29, 1.82) is 0 Å². The zero-order valence-electron chi connectivity index (χ0n) is 12.4. The number of carbonyl (C=O) groups excluding carboxylic acids is 1. The van der Waals surface area contributed by atoms with Crippen molar-refractivity contribution in [2.24, 2.45) is 7.05 Å². The third-order valence-electron chi connectivity index (χ3n) is 2.83. The van der Waals surface area contributed by atoms with Crippen molar-refractivity contribution >= 4 is 5.91 Å². The van der Waals surface area contributed by atoms with Crippen LogP contribution in [0.1, 0.15) is 28.5 Å². The Morgan fingerprint density at radius 1 is 1.45 bits per heavy atom. The maximum absolute atomic E-state index is 12.1. The van der Waals surface area contributed by atoms with Gasteiger partial charge in [0.25, 0.3) is 11.5 Å². The Bertz CT molecular complexity index is 576. The summed E-state index contributed by atoms with van der Waals surface area (Å²) in [6.45, 7) is 10.2. The highest BCUT2D eigenvalue weighted by atomic mass is 16.5. The molecule has 6 heteroatoms. The van der Waals surface area contributed by atoms with Crippen LogP contribution in [0.3, 0.4) is 0 Å². The summed E-state index contributed by atoms with van der Waals surface area (Å²) >= 11 is 0. The van der Waals surface area contributed by atoms with Crippen LogP contribution in [0.25, 0.3) is 0 Å². The minimum Gasteiger partial charge on any atom is -0.375 e. The van der Waals surface area contributed by atoms with Gasteiger partial charge in [0, 0.05) is 13.6 Å². The normalized spacial score (nSPS) is 10.4. The van der Waals surface area contributed by atoms with E-state index in [0.29, 0.717) is 31.0 Å². The lowest BCUT2D eigenvalue weighted by atomic mass is 10.1. The molecule has 1 amide bonds. The molecule has 0 atom stereocenters. The predicted molar refractivity (Wildman–Crippen MR) is 76.9 cm³/mol. The largest absolute Gasteiger partial charge is 0.375 e. The van der Waals surface area contributed by atoms with Crippen molar-refractivity contribution in [2.45, 2.75) is 20.8 Å². The molecule has 0 aliphatic rings. The molecule has 0 saturated carbocycles. The van der Waals surface area contributed by atoms with Crippen LogP contribution in [-0.4, -0.2) is 35.4 Å². The van der Waals surface area contributed by atoms with Gasteiger partial charge in [0.2, 0.25) is 0 Å². The van der Waals surface area contributed by atoms with Crippen LogP contribution >= 0.6 is 0 Å². The van der Waals surface area contributed by atoms with Crippen LogP contribution in [0.5, 0.6) is 0 Å². The smallest absolute Gasteiger partial charge is 0.279 e. The van der Waals surface area contributed by atoms with E-state index in [1.165, 1.54) is 11.7 Å². The van der Waals surface area contributed by atoms with E-state index in [-0.39, 0.29) is 5.56 Å². The molecular weight excluding hydrogens is 258 g/mol. The Morgan fingerprint density at radius 3 is 2.70 bits per heavy atom. The van der Waals surface area contributed by atoms with Gasteiger partial charge in [-0.15, -0.1) is 0 Å². The van der Waals surface area contributed by atoms with Gasteiger partial charge in [-0.2, -0.15) is 5.10 Å². The number of aromatic nitrogens is 2. The molecule has 110 valence electrons. The maximum atomic E-state index is 12.1. The molecule has 0 aliphatic carbocycles. The first-order valence-corrected chi connectivity index (χ1v) is 6.39. The molecule has 0 spiro atoms. The van der Waals surface area contributed by atoms with Crippen LogP contribution in [0.15, 0.2) is 16.9 Å². The second-order valence-electron chi connectivity index (χ2n) is 4.78. The highest BCUT2D eigenvalue weighted by molar-refractivity contribution is 5.95. The van der Waals surface area contributed by atoms with E-state index in [9.17, 15) is 9.59 Å². The zero-order valence-corrected chi connectivity index (χ0v) is 12.4. The third-order valence-corrected chi connectivity index (χ3v) is 2.83. The molecule has 6 nitrogen and oxygen atoms in total. The number of hydrogen-bond donors (Lipinski definition) is 1. The van der Waals surface area contributed by atoms with Gasteiger partial charge in [-0.05, 0) is 26.3 Å². The average Bonchev–Trinajstić information content (AvgIpc) is 2.36. The van der Waals surface area contributed by atoms with Gasteiger partial charge in [0.05, 0.1) is 18.9 Å². The molecule has 0 fully saturated rings. The summed E-state index contributed by atoms with van der Waals surface area (Å²) in [6, 6.07) is 0. The van der Waals surface area contributed by atoms with Crippen molar-refractivity contribution in [3.05, 3.63) is 39.3 Å². The fourth-order valence-electron chi connectivity index (χ4n) is 1.69. The SMILES string of the molecule is C=C(C)COCCNC(=O)c1c(C)c(C)nn(C)c1=O. The van der Waals surface area contributed by atoms with Crippen molar-refractivity contribution < 1.29 is 9.53 Å². The number of rotatable bonds is 6. The highest BCUT2D eigenvalue weighted by Gasteiger charge is 2.17. The molecule has 0 radical (unpaired) electrons. The van der Waals surface area contributed by atoms with Gasteiger partial charge in [-0.1, -0.05) is 12.2 Å². The first kappa shape index (κ1) is 16.1. The zero-order chi connectivity index (χ0) is 15.3. The molecule has 1 heterocycles. The number of amides is 1. The fraction of sp³-hybridized carbons (Fsp3) is 0.500. The Labute approximate surface area is 118 Å². The van der Waals surface area contributed by atoms with Crippen LogP contribution in [0.4, 0.5) is 0 Å². The minimum atomic E-state index is -0.396. The predicted octanol–water partition coefficient (Wildman–Crippen LogP) is 0.720. The van der Waals surface area contributed by atoms with Gasteiger partial charge < -0.3 is 10.1 Å². The molecule has 0 saturated heterocycles. The number of carbonyl (C=O) groups is 1. The second-order valence-corrected chi connectivity index (χ2v) is 4.78. The van der Waals surface area contributed by atoms with E-state index in [1.807, 2.05) is 6.92 Å². The summed E-state index contributed by atoms with van der Waals surface area (Å²) < 4.78 is 6.45. The van der Waals surface area contributed by atoms with Gasteiger partial charge in [-0.25, -0.2) is 4.68 Å². The first-order chi connectivity index (χ1) is 9.34. The van der Waals surface area contributed by atoms with Gasteiger partial charge in [0.1, 0.15) is 5.56 Å². The number of ether oxygens (including phenoxy) is 1. The molecule has 0 aliphatic heterocycles. The summed E-state index contributed by atoms with van der Waals surface area (Å²) in [5.74, 6) is -0.396. The van der Waals surface area contributed by atoms with Crippen LogP contribution < -0.4 is 10.9 Å². The Hall–Kier alpha value is -1.95. The molecule has 1 aromatic rings. The summed E-state index contributed by atoms with van der Waals surface area (Å²) in [5.41, 5.74) is 1.93. The number of nitrogens with one attached hydrogen (secondary N) is 1. The lowest BCUT2D eigenvalue weighted by molar-refractivity contribution is 0.0923. The first-order valence-electron chi connectivity index (χ1n) is 6.39. The van der Waals surface area contributed by atoms with Crippen LogP contribution in [0, 0.1) is 13.8 Å². The van der Waals surface area contributed by atoms with Crippen molar-refractivity contribution in [3.8, 4) is 0 Å². The lowest BCUT2D eigenvalue weighted by Gasteiger charge is -2.10. The Kier molecular flexibility index (Phi) is 5.64. The van der Waals surface area contributed by atoms with E-state index in [0.717, 1.165) is 5.57 Å².